The standard InChI is InChI=1S/C25H20ClN3O4/c1-14-6-7-16(10-15(14)2)23(30)28-27-13-21-20-9-8-18(26)12-22(20)29(24(21)31)19-5-3-4-17(11-19)25(32)33/h3-13,31H,1-2H3,(H,28,30)(H,32,33). The van der Waals surface area contributed by atoms with Gasteiger partial charge in [0, 0.05) is 21.7 Å². The molecule has 1 aromatic heterocycles. The van der Waals surface area contributed by atoms with E-state index < -0.39 is 5.97 Å². The third kappa shape index (κ3) is 4.31. The van der Waals surface area contributed by atoms with E-state index in [-0.39, 0.29) is 17.4 Å². The molecule has 0 aliphatic rings. The molecule has 1 amide bonds. The van der Waals surface area contributed by atoms with E-state index in [4.69, 9.17) is 11.6 Å². The molecule has 4 rings (SSSR count). The van der Waals surface area contributed by atoms with Crippen LogP contribution in [0.1, 0.15) is 37.4 Å². The molecule has 33 heavy (non-hydrogen) atoms. The van der Waals surface area contributed by atoms with Crippen LogP contribution in [0.25, 0.3) is 16.6 Å². The van der Waals surface area contributed by atoms with Crippen molar-refractivity contribution < 1.29 is 19.8 Å². The molecule has 0 unspecified atom stereocenters. The van der Waals surface area contributed by atoms with Crippen LogP contribution in [-0.4, -0.2) is 32.9 Å². The Morgan fingerprint density at radius 1 is 1.00 bits per heavy atom. The molecule has 0 saturated heterocycles. The van der Waals surface area contributed by atoms with Crippen LogP contribution in [0.15, 0.2) is 65.8 Å². The predicted octanol–water partition coefficient (Wildman–Crippen LogP) is 5.07. The molecule has 0 aliphatic carbocycles. The summed E-state index contributed by atoms with van der Waals surface area (Å²) in [6.07, 6.45) is 1.35. The van der Waals surface area contributed by atoms with Crippen molar-refractivity contribution in [2.45, 2.75) is 13.8 Å². The maximum Gasteiger partial charge on any atom is 0.335 e. The van der Waals surface area contributed by atoms with Crippen molar-refractivity contribution in [3.05, 3.63) is 93.5 Å². The Kier molecular flexibility index (Phi) is 5.89. The van der Waals surface area contributed by atoms with E-state index in [0.717, 1.165) is 11.1 Å². The van der Waals surface area contributed by atoms with Crippen molar-refractivity contribution >= 4 is 40.6 Å². The summed E-state index contributed by atoms with van der Waals surface area (Å²) in [5, 5.41) is 25.4. The van der Waals surface area contributed by atoms with Gasteiger partial charge in [0.05, 0.1) is 22.9 Å². The smallest absolute Gasteiger partial charge is 0.335 e. The minimum atomic E-state index is -1.08. The molecule has 0 bridgehead atoms. The van der Waals surface area contributed by atoms with E-state index in [9.17, 15) is 19.8 Å². The maximum atomic E-state index is 12.5. The van der Waals surface area contributed by atoms with Crippen LogP contribution >= 0.6 is 11.6 Å². The van der Waals surface area contributed by atoms with E-state index in [2.05, 4.69) is 10.5 Å². The first-order valence-corrected chi connectivity index (χ1v) is 10.4. The summed E-state index contributed by atoms with van der Waals surface area (Å²) in [6, 6.07) is 16.6. The summed E-state index contributed by atoms with van der Waals surface area (Å²) >= 11 is 6.18. The molecule has 4 aromatic rings. The van der Waals surface area contributed by atoms with Crippen LogP contribution in [0.2, 0.25) is 5.02 Å². The molecule has 0 saturated carbocycles. The van der Waals surface area contributed by atoms with Gasteiger partial charge in [0.2, 0.25) is 5.88 Å². The molecule has 0 spiro atoms. The Morgan fingerprint density at radius 3 is 2.52 bits per heavy atom. The predicted molar refractivity (Wildman–Crippen MR) is 128 cm³/mol. The van der Waals surface area contributed by atoms with E-state index >= 15 is 0 Å². The van der Waals surface area contributed by atoms with E-state index in [1.54, 1.807) is 42.5 Å². The molecule has 0 radical (unpaired) electrons. The van der Waals surface area contributed by atoms with Gasteiger partial charge in [-0.2, -0.15) is 5.10 Å². The number of benzene rings is 3. The molecule has 1 heterocycles. The highest BCUT2D eigenvalue weighted by Gasteiger charge is 2.18. The molecular weight excluding hydrogens is 442 g/mol. The number of hydrogen-bond donors (Lipinski definition) is 3. The lowest BCUT2D eigenvalue weighted by molar-refractivity contribution is 0.0696. The Bertz CT molecular complexity index is 1440. The number of nitrogens with zero attached hydrogens (tertiary/aromatic N) is 2. The van der Waals surface area contributed by atoms with Crippen molar-refractivity contribution in [3.8, 4) is 11.6 Å². The zero-order chi connectivity index (χ0) is 23.7. The van der Waals surface area contributed by atoms with Gasteiger partial charge in [0.15, 0.2) is 0 Å². The van der Waals surface area contributed by atoms with E-state index in [1.165, 1.54) is 22.9 Å². The number of amides is 1. The lowest BCUT2D eigenvalue weighted by Gasteiger charge is -2.08. The van der Waals surface area contributed by atoms with E-state index in [1.807, 2.05) is 19.9 Å². The first kappa shape index (κ1) is 22.1. The second kappa shape index (κ2) is 8.80. The maximum absolute atomic E-state index is 12.5. The lowest BCUT2D eigenvalue weighted by Crippen LogP contribution is -2.17. The zero-order valence-electron chi connectivity index (χ0n) is 17.8. The quantitative estimate of drug-likeness (QED) is 0.285. The van der Waals surface area contributed by atoms with Gasteiger partial charge in [-0.1, -0.05) is 29.8 Å². The Morgan fingerprint density at radius 2 is 1.79 bits per heavy atom. The number of halogens is 1. The minimum absolute atomic E-state index is 0.0756. The topological polar surface area (TPSA) is 104 Å². The summed E-state index contributed by atoms with van der Waals surface area (Å²) in [5.41, 5.74) is 6.45. The summed E-state index contributed by atoms with van der Waals surface area (Å²) in [6.45, 7) is 3.89. The van der Waals surface area contributed by atoms with Gasteiger partial charge in [-0.25, -0.2) is 10.2 Å². The summed E-state index contributed by atoms with van der Waals surface area (Å²) in [4.78, 5) is 23.9. The number of carboxylic acid groups (broad SMARTS) is 1. The highest BCUT2D eigenvalue weighted by atomic mass is 35.5. The van der Waals surface area contributed by atoms with Gasteiger partial charge in [0.1, 0.15) is 0 Å². The minimum Gasteiger partial charge on any atom is -0.494 e. The summed E-state index contributed by atoms with van der Waals surface area (Å²) in [5.74, 6) is -1.63. The second-order valence-electron chi connectivity index (χ2n) is 7.59. The fourth-order valence-corrected chi connectivity index (χ4v) is 3.71. The van der Waals surface area contributed by atoms with Gasteiger partial charge >= 0.3 is 5.97 Å². The molecule has 0 fully saturated rings. The molecule has 8 heteroatoms. The second-order valence-corrected chi connectivity index (χ2v) is 8.02. The molecule has 3 N–H and O–H groups in total. The van der Waals surface area contributed by atoms with Crippen LogP contribution in [0.4, 0.5) is 0 Å². The van der Waals surface area contributed by atoms with Crippen molar-refractivity contribution in [1.82, 2.24) is 9.99 Å². The first-order valence-electron chi connectivity index (χ1n) is 10.0. The molecule has 3 aromatic carbocycles. The third-order valence-corrected chi connectivity index (χ3v) is 5.66. The number of rotatable bonds is 5. The van der Waals surface area contributed by atoms with Gasteiger partial charge in [-0.15, -0.1) is 0 Å². The van der Waals surface area contributed by atoms with Gasteiger partial charge < -0.3 is 10.2 Å². The van der Waals surface area contributed by atoms with Crippen LogP contribution < -0.4 is 5.43 Å². The van der Waals surface area contributed by atoms with Crippen molar-refractivity contribution in [2.75, 3.05) is 0 Å². The van der Waals surface area contributed by atoms with Gasteiger partial charge in [-0.3, -0.25) is 9.36 Å². The number of nitrogens with one attached hydrogen (secondary N) is 1. The number of aromatic nitrogens is 1. The monoisotopic (exact) mass is 461 g/mol. The fourth-order valence-electron chi connectivity index (χ4n) is 3.54. The third-order valence-electron chi connectivity index (χ3n) is 5.42. The highest BCUT2D eigenvalue weighted by Crippen LogP contribution is 2.35. The van der Waals surface area contributed by atoms with Crippen molar-refractivity contribution in [1.29, 1.82) is 0 Å². The first-order chi connectivity index (χ1) is 15.8. The fraction of sp³-hybridized carbons (Fsp3) is 0.0800. The number of hydrogen-bond acceptors (Lipinski definition) is 4. The van der Waals surface area contributed by atoms with Crippen LogP contribution in [0.5, 0.6) is 5.88 Å². The SMILES string of the molecule is Cc1ccc(C(=O)NN=Cc2c(O)n(-c3cccc(C(=O)O)c3)c3cc(Cl)ccc23)cc1C. The van der Waals surface area contributed by atoms with Crippen molar-refractivity contribution in [3.63, 3.8) is 0 Å². The number of aryl methyl sites for hydroxylation is 2. The zero-order valence-corrected chi connectivity index (χ0v) is 18.6. The van der Waals surface area contributed by atoms with Crippen molar-refractivity contribution in [2.24, 2.45) is 5.10 Å². The number of carboxylic acids is 1. The Balaban J connectivity index is 1.73. The highest BCUT2D eigenvalue weighted by molar-refractivity contribution is 6.31. The average molecular weight is 462 g/mol. The number of carbonyl (C=O) groups excluding carboxylic acids is 1. The van der Waals surface area contributed by atoms with Crippen LogP contribution in [-0.2, 0) is 0 Å². The molecule has 0 atom stereocenters. The molecule has 166 valence electrons. The number of fused-ring (bicyclic) bond motifs is 1. The summed E-state index contributed by atoms with van der Waals surface area (Å²) in [7, 11) is 0. The Labute approximate surface area is 194 Å². The van der Waals surface area contributed by atoms with Crippen LogP contribution in [0.3, 0.4) is 0 Å². The number of aromatic carboxylic acids is 1. The number of hydrazone groups is 1. The van der Waals surface area contributed by atoms with Gasteiger partial charge in [0.25, 0.3) is 5.91 Å². The van der Waals surface area contributed by atoms with Gasteiger partial charge in [-0.05, 0) is 67.4 Å². The largest absolute Gasteiger partial charge is 0.494 e. The summed E-state index contributed by atoms with van der Waals surface area (Å²) < 4.78 is 1.49. The van der Waals surface area contributed by atoms with E-state index in [0.29, 0.717) is 32.7 Å². The molecular formula is C25H20ClN3O4. The average Bonchev–Trinajstić information content (AvgIpc) is 3.06. The molecule has 0 aliphatic heterocycles. The van der Waals surface area contributed by atoms with Crippen LogP contribution in [0, 0.1) is 13.8 Å². The molecule has 7 nitrogen and oxygen atoms in total. The Hall–Kier alpha value is -4.10. The normalized spacial score (nSPS) is 11.2. The number of aromatic hydroxyl groups is 1. The number of carbonyl (C=O) groups is 2. The lowest BCUT2D eigenvalue weighted by atomic mass is 10.1.